The molecule has 1 unspecified atom stereocenters. The van der Waals surface area contributed by atoms with Crippen LogP contribution in [0.1, 0.15) is 38.8 Å². The van der Waals surface area contributed by atoms with Crippen LogP contribution < -0.4 is 9.47 Å². The number of thiophene rings is 1. The van der Waals surface area contributed by atoms with Crippen LogP contribution in [0.4, 0.5) is 0 Å². The summed E-state index contributed by atoms with van der Waals surface area (Å²) in [6.07, 6.45) is 2.43. The Morgan fingerprint density at radius 1 is 1.26 bits per heavy atom. The third-order valence-electron chi connectivity index (χ3n) is 5.91. The van der Waals surface area contributed by atoms with Crippen LogP contribution in [0.5, 0.6) is 11.5 Å². The molecule has 23 heavy (non-hydrogen) atoms. The van der Waals surface area contributed by atoms with Crippen LogP contribution in [0.25, 0.3) is 0 Å². The van der Waals surface area contributed by atoms with Gasteiger partial charge in [-0.3, -0.25) is 4.90 Å². The Balaban J connectivity index is 1.67. The monoisotopic (exact) mass is 327 g/mol. The summed E-state index contributed by atoms with van der Waals surface area (Å²) in [7, 11) is 3.47. The standard InChI is InChI=1S/C19H21NO2S/c1-11-8-14-17(23-11)6-7-20-10-13-12(15-9-19(14,15)20)4-5-16(21-2)18(13)22-3/h4-5,8,15H,6-7,9-10H2,1-3H3/t15?,19-/m0/s1. The van der Waals surface area contributed by atoms with Gasteiger partial charge in [-0.2, -0.15) is 0 Å². The molecule has 1 aliphatic carbocycles. The largest absolute Gasteiger partial charge is 0.493 e. The van der Waals surface area contributed by atoms with E-state index in [4.69, 9.17) is 9.47 Å². The lowest BCUT2D eigenvalue weighted by Crippen LogP contribution is -2.43. The predicted octanol–water partition coefficient (Wildman–Crippen LogP) is 3.83. The average Bonchev–Trinajstić information content (AvgIpc) is 3.19. The van der Waals surface area contributed by atoms with E-state index in [0.29, 0.717) is 5.92 Å². The van der Waals surface area contributed by atoms with Gasteiger partial charge in [-0.15, -0.1) is 11.3 Å². The molecule has 1 spiro atoms. The van der Waals surface area contributed by atoms with Gasteiger partial charge >= 0.3 is 0 Å². The van der Waals surface area contributed by atoms with Gasteiger partial charge in [-0.25, -0.2) is 0 Å². The lowest BCUT2D eigenvalue weighted by Gasteiger charge is -2.41. The molecule has 1 saturated carbocycles. The van der Waals surface area contributed by atoms with Gasteiger partial charge in [0.15, 0.2) is 11.5 Å². The van der Waals surface area contributed by atoms with Gasteiger partial charge < -0.3 is 9.47 Å². The van der Waals surface area contributed by atoms with Crippen molar-refractivity contribution in [2.75, 3.05) is 20.8 Å². The first-order valence-electron chi connectivity index (χ1n) is 8.27. The molecular formula is C19H21NO2S. The molecule has 2 aliphatic heterocycles. The molecule has 0 bridgehead atoms. The summed E-state index contributed by atoms with van der Waals surface area (Å²) in [5.41, 5.74) is 4.68. The van der Waals surface area contributed by atoms with E-state index in [1.165, 1.54) is 28.8 Å². The fraction of sp³-hybridized carbons (Fsp3) is 0.474. The van der Waals surface area contributed by atoms with Crippen LogP contribution >= 0.6 is 11.3 Å². The second-order valence-electron chi connectivity index (χ2n) is 6.92. The lowest BCUT2D eigenvalue weighted by molar-refractivity contribution is 0.138. The smallest absolute Gasteiger partial charge is 0.165 e. The van der Waals surface area contributed by atoms with Gasteiger partial charge in [-0.05, 0) is 43.0 Å². The van der Waals surface area contributed by atoms with Crippen molar-refractivity contribution in [2.45, 2.75) is 37.8 Å². The van der Waals surface area contributed by atoms with Crippen LogP contribution in [0, 0.1) is 6.92 Å². The second kappa shape index (κ2) is 4.52. The van der Waals surface area contributed by atoms with Crippen LogP contribution in [-0.4, -0.2) is 25.7 Å². The van der Waals surface area contributed by atoms with E-state index in [1.807, 2.05) is 11.3 Å². The molecule has 3 aliphatic rings. The molecule has 2 aromatic rings. The topological polar surface area (TPSA) is 21.7 Å². The number of ether oxygens (including phenoxy) is 2. The molecule has 3 nitrogen and oxygen atoms in total. The highest BCUT2D eigenvalue weighted by Gasteiger charge is 2.64. The minimum Gasteiger partial charge on any atom is -0.493 e. The highest BCUT2D eigenvalue weighted by atomic mass is 32.1. The zero-order chi connectivity index (χ0) is 15.8. The number of hydrogen-bond acceptors (Lipinski definition) is 4. The molecule has 0 amide bonds. The summed E-state index contributed by atoms with van der Waals surface area (Å²) < 4.78 is 11.2. The van der Waals surface area contributed by atoms with Gasteiger partial charge in [0.2, 0.25) is 0 Å². The summed E-state index contributed by atoms with van der Waals surface area (Å²) in [5.74, 6) is 2.39. The first kappa shape index (κ1) is 13.9. The first-order chi connectivity index (χ1) is 11.2. The van der Waals surface area contributed by atoms with Crippen LogP contribution in [0.2, 0.25) is 0 Å². The second-order valence-corrected chi connectivity index (χ2v) is 8.26. The Hall–Kier alpha value is -1.52. The lowest BCUT2D eigenvalue weighted by atomic mass is 9.86. The van der Waals surface area contributed by atoms with E-state index >= 15 is 0 Å². The quantitative estimate of drug-likeness (QED) is 0.837. The van der Waals surface area contributed by atoms with Crippen molar-refractivity contribution in [3.05, 3.63) is 44.6 Å². The van der Waals surface area contributed by atoms with Crippen molar-refractivity contribution < 1.29 is 9.47 Å². The Bertz CT molecular complexity index is 812. The molecule has 3 heterocycles. The number of rotatable bonds is 2. The number of nitrogens with zero attached hydrogens (tertiary/aromatic N) is 1. The Labute approximate surface area is 140 Å². The summed E-state index contributed by atoms with van der Waals surface area (Å²) in [5, 5.41) is 0. The molecule has 0 radical (unpaired) electrons. The van der Waals surface area contributed by atoms with Crippen molar-refractivity contribution in [1.82, 2.24) is 4.90 Å². The summed E-state index contributed by atoms with van der Waals surface area (Å²) >= 11 is 1.99. The van der Waals surface area contributed by atoms with Gasteiger partial charge in [0.25, 0.3) is 0 Å². The molecule has 120 valence electrons. The maximum absolute atomic E-state index is 5.70. The highest BCUT2D eigenvalue weighted by molar-refractivity contribution is 7.12. The normalized spacial score (nSPS) is 27.5. The third-order valence-corrected chi connectivity index (χ3v) is 7.02. The molecule has 0 N–H and O–H groups in total. The molecule has 1 fully saturated rings. The van der Waals surface area contributed by atoms with E-state index in [0.717, 1.165) is 24.6 Å². The number of fused-ring (bicyclic) bond motifs is 3. The first-order valence-corrected chi connectivity index (χ1v) is 9.09. The number of methoxy groups -OCH3 is 2. The van der Waals surface area contributed by atoms with Crippen LogP contribution in [-0.2, 0) is 18.5 Å². The maximum atomic E-state index is 5.70. The summed E-state index contributed by atoms with van der Waals surface area (Å²) in [6, 6.07) is 6.78. The van der Waals surface area contributed by atoms with Crippen LogP contribution in [0.3, 0.4) is 0 Å². The number of aryl methyl sites for hydroxylation is 1. The molecule has 1 aromatic heterocycles. The highest BCUT2D eigenvalue weighted by Crippen LogP contribution is 2.69. The van der Waals surface area contributed by atoms with Gasteiger partial charge in [0.05, 0.1) is 19.8 Å². The summed E-state index contributed by atoms with van der Waals surface area (Å²) in [4.78, 5) is 5.76. The van der Waals surface area contributed by atoms with Crippen LogP contribution in [0.15, 0.2) is 18.2 Å². The minimum absolute atomic E-state index is 0.269. The van der Waals surface area contributed by atoms with E-state index in [-0.39, 0.29) is 5.54 Å². The molecule has 1 aromatic carbocycles. The minimum atomic E-state index is 0.269. The third kappa shape index (κ3) is 1.63. The average molecular weight is 327 g/mol. The van der Waals surface area contributed by atoms with E-state index in [1.54, 1.807) is 24.7 Å². The molecule has 4 heteroatoms. The van der Waals surface area contributed by atoms with Crippen molar-refractivity contribution >= 4 is 11.3 Å². The number of benzene rings is 1. The molecule has 5 rings (SSSR count). The van der Waals surface area contributed by atoms with Crippen molar-refractivity contribution in [3.8, 4) is 11.5 Å². The number of hydrogen-bond donors (Lipinski definition) is 0. The van der Waals surface area contributed by atoms with E-state index in [9.17, 15) is 0 Å². The predicted molar refractivity (Wildman–Crippen MR) is 91.8 cm³/mol. The molecule has 2 atom stereocenters. The van der Waals surface area contributed by atoms with Crippen molar-refractivity contribution in [1.29, 1.82) is 0 Å². The van der Waals surface area contributed by atoms with Gasteiger partial charge in [-0.1, -0.05) is 6.07 Å². The Morgan fingerprint density at radius 3 is 2.91 bits per heavy atom. The fourth-order valence-electron chi connectivity index (χ4n) is 4.89. The van der Waals surface area contributed by atoms with Crippen molar-refractivity contribution in [2.24, 2.45) is 0 Å². The molecular weight excluding hydrogens is 306 g/mol. The van der Waals surface area contributed by atoms with Gasteiger partial charge in [0, 0.05) is 34.3 Å². The summed E-state index contributed by atoms with van der Waals surface area (Å²) in [6.45, 7) is 4.37. The Morgan fingerprint density at radius 2 is 2.13 bits per heavy atom. The Kier molecular flexibility index (Phi) is 2.73. The van der Waals surface area contributed by atoms with Gasteiger partial charge in [0.1, 0.15) is 0 Å². The van der Waals surface area contributed by atoms with Crippen molar-refractivity contribution in [3.63, 3.8) is 0 Å². The zero-order valence-corrected chi connectivity index (χ0v) is 14.6. The fourth-order valence-corrected chi connectivity index (χ4v) is 6.00. The SMILES string of the molecule is COc1ccc2c(c1OC)CN1CCc3sc(C)cc3[C@]13CC23. The maximum Gasteiger partial charge on any atom is 0.165 e. The van der Waals surface area contributed by atoms with E-state index in [2.05, 4.69) is 30.0 Å². The molecule has 0 saturated heterocycles. The van der Waals surface area contributed by atoms with E-state index < -0.39 is 0 Å². The zero-order valence-electron chi connectivity index (χ0n) is 13.8.